The Morgan fingerprint density at radius 1 is 1.47 bits per heavy atom. The Kier molecular flexibility index (Phi) is 4.10. The van der Waals surface area contributed by atoms with Gasteiger partial charge in [-0.25, -0.2) is 5.90 Å². The quantitative estimate of drug-likeness (QED) is 0.843. The van der Waals surface area contributed by atoms with Crippen molar-refractivity contribution in [1.29, 1.82) is 0 Å². The number of nitrogens with zero attached hydrogens (tertiary/aromatic N) is 1. The first-order valence-electron chi connectivity index (χ1n) is 5.68. The molecule has 1 aliphatic heterocycles. The van der Waals surface area contributed by atoms with Crippen molar-refractivity contribution in [3.05, 3.63) is 23.2 Å². The molecule has 0 amide bonds. The zero-order valence-corrected chi connectivity index (χ0v) is 10.6. The van der Waals surface area contributed by atoms with Crippen molar-refractivity contribution in [1.82, 2.24) is 0 Å². The van der Waals surface area contributed by atoms with E-state index < -0.39 is 0 Å². The van der Waals surface area contributed by atoms with Gasteiger partial charge in [-0.1, -0.05) is 11.6 Å². The van der Waals surface area contributed by atoms with Crippen LogP contribution in [-0.4, -0.2) is 26.3 Å². The molecule has 0 bridgehead atoms. The molecule has 1 fully saturated rings. The molecule has 1 unspecified atom stereocenters. The van der Waals surface area contributed by atoms with E-state index >= 15 is 0 Å². The molecular weight excluding hydrogens is 240 g/mol. The average molecular weight is 257 g/mol. The third-order valence-electron chi connectivity index (χ3n) is 3.07. The summed E-state index contributed by atoms with van der Waals surface area (Å²) in [6, 6.07) is 5.80. The van der Waals surface area contributed by atoms with Gasteiger partial charge in [-0.2, -0.15) is 0 Å². The molecule has 94 valence electrons. The van der Waals surface area contributed by atoms with E-state index in [4.69, 9.17) is 27.1 Å². The molecular formula is C12H17ClN2O2. The van der Waals surface area contributed by atoms with E-state index in [9.17, 15) is 0 Å². The molecule has 0 spiro atoms. The second-order valence-electron chi connectivity index (χ2n) is 4.17. The SMILES string of the molecule is COc1ccc(N2CCCC(ON)C2)cc1Cl. The smallest absolute Gasteiger partial charge is 0.137 e. The van der Waals surface area contributed by atoms with Crippen molar-refractivity contribution in [3.63, 3.8) is 0 Å². The molecule has 17 heavy (non-hydrogen) atoms. The summed E-state index contributed by atoms with van der Waals surface area (Å²) >= 11 is 6.11. The van der Waals surface area contributed by atoms with Crippen molar-refractivity contribution >= 4 is 17.3 Å². The number of piperidine rings is 1. The third-order valence-corrected chi connectivity index (χ3v) is 3.37. The van der Waals surface area contributed by atoms with Gasteiger partial charge in [-0.3, -0.25) is 4.84 Å². The molecule has 0 aliphatic carbocycles. The lowest BCUT2D eigenvalue weighted by Gasteiger charge is -2.33. The van der Waals surface area contributed by atoms with Gasteiger partial charge in [0.1, 0.15) is 5.75 Å². The van der Waals surface area contributed by atoms with Crippen molar-refractivity contribution in [2.75, 3.05) is 25.1 Å². The maximum Gasteiger partial charge on any atom is 0.137 e. The minimum absolute atomic E-state index is 0.102. The van der Waals surface area contributed by atoms with Crippen LogP contribution in [0.5, 0.6) is 5.75 Å². The van der Waals surface area contributed by atoms with Crippen LogP contribution in [-0.2, 0) is 4.84 Å². The highest BCUT2D eigenvalue weighted by molar-refractivity contribution is 6.32. The standard InChI is InChI=1S/C12H17ClN2O2/c1-16-12-5-4-9(7-11(12)13)15-6-2-3-10(8-15)17-14/h4-5,7,10H,2-3,6,8,14H2,1H3. The number of methoxy groups -OCH3 is 1. The number of hydrogen-bond acceptors (Lipinski definition) is 4. The van der Waals surface area contributed by atoms with Crippen molar-refractivity contribution in [2.45, 2.75) is 18.9 Å². The van der Waals surface area contributed by atoms with Crippen LogP contribution in [0.1, 0.15) is 12.8 Å². The van der Waals surface area contributed by atoms with Crippen LogP contribution >= 0.6 is 11.6 Å². The number of nitrogens with two attached hydrogens (primary N) is 1. The summed E-state index contributed by atoms with van der Waals surface area (Å²) in [6.45, 7) is 1.81. The van der Waals surface area contributed by atoms with Crippen molar-refractivity contribution in [2.24, 2.45) is 5.90 Å². The summed E-state index contributed by atoms with van der Waals surface area (Å²) in [5.74, 6) is 5.94. The molecule has 1 saturated heterocycles. The van der Waals surface area contributed by atoms with Crippen LogP contribution in [0.4, 0.5) is 5.69 Å². The van der Waals surface area contributed by atoms with Crippen LogP contribution in [0.15, 0.2) is 18.2 Å². The Bertz CT molecular complexity index is 387. The Balaban J connectivity index is 2.13. The second kappa shape index (κ2) is 5.58. The van der Waals surface area contributed by atoms with E-state index in [1.807, 2.05) is 18.2 Å². The Morgan fingerprint density at radius 2 is 2.29 bits per heavy atom. The summed E-state index contributed by atoms with van der Waals surface area (Å²) in [5, 5.41) is 0.626. The predicted octanol–water partition coefficient (Wildman–Crippen LogP) is 2.21. The maximum absolute atomic E-state index is 6.11. The van der Waals surface area contributed by atoms with Gasteiger partial charge in [0.25, 0.3) is 0 Å². The first-order chi connectivity index (χ1) is 8.24. The maximum atomic E-state index is 6.11. The summed E-state index contributed by atoms with van der Waals surface area (Å²) in [4.78, 5) is 7.15. The number of halogens is 1. The molecule has 0 saturated carbocycles. The van der Waals surface area contributed by atoms with Gasteiger partial charge in [-0.15, -0.1) is 0 Å². The zero-order valence-electron chi connectivity index (χ0n) is 9.86. The lowest BCUT2D eigenvalue weighted by molar-refractivity contribution is 0.0435. The largest absolute Gasteiger partial charge is 0.495 e. The average Bonchev–Trinajstić information content (AvgIpc) is 2.38. The molecule has 1 aromatic rings. The molecule has 1 atom stereocenters. The van der Waals surface area contributed by atoms with Crippen LogP contribution < -0.4 is 15.5 Å². The van der Waals surface area contributed by atoms with Gasteiger partial charge in [0.15, 0.2) is 0 Å². The van der Waals surface area contributed by atoms with Gasteiger partial charge in [0.2, 0.25) is 0 Å². The normalized spacial score (nSPS) is 20.4. The number of anilines is 1. The van der Waals surface area contributed by atoms with E-state index in [-0.39, 0.29) is 6.10 Å². The van der Waals surface area contributed by atoms with Gasteiger partial charge < -0.3 is 9.64 Å². The van der Waals surface area contributed by atoms with E-state index in [0.29, 0.717) is 10.8 Å². The predicted molar refractivity (Wildman–Crippen MR) is 68.5 cm³/mol. The molecule has 0 radical (unpaired) electrons. The first-order valence-corrected chi connectivity index (χ1v) is 6.06. The highest BCUT2D eigenvalue weighted by Gasteiger charge is 2.20. The Morgan fingerprint density at radius 3 is 2.94 bits per heavy atom. The minimum Gasteiger partial charge on any atom is -0.495 e. The van der Waals surface area contributed by atoms with Crippen molar-refractivity contribution < 1.29 is 9.57 Å². The topological polar surface area (TPSA) is 47.7 Å². The highest BCUT2D eigenvalue weighted by atomic mass is 35.5. The molecule has 1 aromatic carbocycles. The van der Waals surface area contributed by atoms with E-state index in [1.165, 1.54) is 0 Å². The van der Waals surface area contributed by atoms with Gasteiger partial charge >= 0.3 is 0 Å². The molecule has 0 aromatic heterocycles. The lowest BCUT2D eigenvalue weighted by atomic mass is 10.1. The van der Waals surface area contributed by atoms with Gasteiger partial charge in [-0.05, 0) is 31.0 Å². The van der Waals surface area contributed by atoms with Crippen LogP contribution in [0, 0.1) is 0 Å². The van der Waals surface area contributed by atoms with E-state index in [1.54, 1.807) is 7.11 Å². The molecule has 2 N–H and O–H groups in total. The first kappa shape index (κ1) is 12.5. The van der Waals surface area contributed by atoms with Gasteiger partial charge in [0.05, 0.1) is 18.2 Å². The summed E-state index contributed by atoms with van der Waals surface area (Å²) in [5.41, 5.74) is 1.08. The van der Waals surface area contributed by atoms with Crippen molar-refractivity contribution in [3.8, 4) is 5.75 Å². The molecule has 2 rings (SSSR count). The monoisotopic (exact) mass is 256 g/mol. The summed E-state index contributed by atoms with van der Waals surface area (Å²) in [7, 11) is 1.61. The summed E-state index contributed by atoms with van der Waals surface area (Å²) in [6.07, 6.45) is 2.19. The number of benzene rings is 1. The number of hydrogen-bond donors (Lipinski definition) is 1. The number of ether oxygens (including phenoxy) is 1. The zero-order chi connectivity index (χ0) is 12.3. The third kappa shape index (κ3) is 2.83. The van der Waals surface area contributed by atoms with Gasteiger partial charge in [0, 0.05) is 18.8 Å². The Hall–Kier alpha value is -0.970. The fourth-order valence-electron chi connectivity index (χ4n) is 2.14. The highest BCUT2D eigenvalue weighted by Crippen LogP contribution is 2.30. The van der Waals surface area contributed by atoms with Crippen LogP contribution in [0.3, 0.4) is 0 Å². The van der Waals surface area contributed by atoms with Crippen LogP contribution in [0.2, 0.25) is 5.02 Å². The molecule has 1 heterocycles. The van der Waals surface area contributed by atoms with E-state index in [2.05, 4.69) is 4.90 Å². The molecule has 4 nitrogen and oxygen atoms in total. The fraction of sp³-hybridized carbons (Fsp3) is 0.500. The second-order valence-corrected chi connectivity index (χ2v) is 4.57. The van der Waals surface area contributed by atoms with E-state index in [0.717, 1.165) is 31.6 Å². The minimum atomic E-state index is 0.102. The fourth-order valence-corrected chi connectivity index (χ4v) is 2.39. The Labute approximate surface area is 106 Å². The molecule has 1 aliphatic rings. The lowest BCUT2D eigenvalue weighted by Crippen LogP contribution is -2.40. The molecule has 5 heteroatoms. The number of rotatable bonds is 3. The van der Waals surface area contributed by atoms with Crippen LogP contribution in [0.25, 0.3) is 0 Å². The summed E-state index contributed by atoms with van der Waals surface area (Å²) < 4.78 is 5.13.